The first-order valence-electron chi connectivity index (χ1n) is 8.61. The Labute approximate surface area is 160 Å². The smallest absolute Gasteiger partial charge is 0.256 e. The van der Waals surface area contributed by atoms with Gasteiger partial charge in [-0.1, -0.05) is 48.5 Å². The number of hydrogen-bond acceptors (Lipinski definition) is 5. The van der Waals surface area contributed by atoms with Crippen LogP contribution < -0.4 is 10.9 Å². The summed E-state index contributed by atoms with van der Waals surface area (Å²) in [6.07, 6.45) is 6.54. The summed E-state index contributed by atoms with van der Waals surface area (Å²) in [6, 6.07) is 18.7. The lowest BCUT2D eigenvalue weighted by atomic mass is 10.1. The lowest BCUT2D eigenvalue weighted by Crippen LogP contribution is -2.28. The van der Waals surface area contributed by atoms with Crippen LogP contribution in [0.3, 0.4) is 0 Å². The van der Waals surface area contributed by atoms with Crippen LogP contribution in [0.5, 0.6) is 0 Å². The number of urea groups is 1. The van der Waals surface area contributed by atoms with Gasteiger partial charge in [-0.3, -0.25) is 9.97 Å². The number of pyridine rings is 2. The zero-order chi connectivity index (χ0) is 19.2. The Kier molecular flexibility index (Phi) is 4.97. The molecule has 2 aromatic carbocycles. The van der Waals surface area contributed by atoms with Crippen LogP contribution in [0, 0.1) is 0 Å². The minimum Gasteiger partial charge on any atom is -0.256 e. The summed E-state index contributed by atoms with van der Waals surface area (Å²) in [5.74, 6) is 0. The number of fused-ring (bicyclic) bond motifs is 2. The molecule has 2 aromatic heterocycles. The standard InChI is InChI=1S/C21H16N6O/c28-21(26-24-13-17-7-1-5-15-9-3-11-22-19(15)17)27-25-14-18-8-2-6-16-10-4-12-23-20(16)18/h1-14H,(H2,26,27,28). The van der Waals surface area contributed by atoms with Gasteiger partial charge in [-0.15, -0.1) is 0 Å². The second kappa shape index (κ2) is 8.05. The van der Waals surface area contributed by atoms with Gasteiger partial charge >= 0.3 is 6.03 Å². The molecule has 2 N–H and O–H groups in total. The van der Waals surface area contributed by atoms with Crippen LogP contribution >= 0.6 is 0 Å². The Bertz CT molecular complexity index is 1100. The van der Waals surface area contributed by atoms with E-state index in [9.17, 15) is 4.79 Å². The number of carbonyl (C=O) groups excluding carboxylic acids is 1. The number of nitrogens with zero attached hydrogens (tertiary/aromatic N) is 4. The van der Waals surface area contributed by atoms with Crippen LogP contribution in [0.15, 0.2) is 83.3 Å². The van der Waals surface area contributed by atoms with Crippen LogP contribution in [-0.4, -0.2) is 28.4 Å². The molecule has 136 valence electrons. The van der Waals surface area contributed by atoms with Crippen molar-refractivity contribution in [1.82, 2.24) is 20.8 Å². The van der Waals surface area contributed by atoms with E-state index in [1.54, 1.807) is 24.8 Å². The van der Waals surface area contributed by atoms with E-state index >= 15 is 0 Å². The summed E-state index contributed by atoms with van der Waals surface area (Å²) in [4.78, 5) is 20.5. The molecule has 0 radical (unpaired) electrons. The fraction of sp³-hybridized carbons (Fsp3) is 0. The van der Waals surface area contributed by atoms with E-state index in [-0.39, 0.29) is 0 Å². The molecule has 7 nitrogen and oxygen atoms in total. The van der Waals surface area contributed by atoms with Gasteiger partial charge < -0.3 is 0 Å². The van der Waals surface area contributed by atoms with E-state index in [1.807, 2.05) is 60.7 Å². The molecule has 0 atom stereocenters. The molecule has 0 fully saturated rings. The first kappa shape index (κ1) is 17.3. The molecule has 2 heterocycles. The Hall–Kier alpha value is -4.13. The maximum atomic E-state index is 11.9. The second-order valence-corrected chi connectivity index (χ2v) is 5.91. The van der Waals surface area contributed by atoms with Crippen molar-refractivity contribution in [3.05, 3.63) is 84.2 Å². The van der Waals surface area contributed by atoms with Gasteiger partial charge in [0.25, 0.3) is 0 Å². The van der Waals surface area contributed by atoms with Gasteiger partial charge in [0, 0.05) is 34.3 Å². The highest BCUT2D eigenvalue weighted by molar-refractivity contribution is 5.98. The third kappa shape index (κ3) is 3.83. The third-order valence-electron chi connectivity index (χ3n) is 4.07. The molecule has 0 aliphatic rings. The normalized spacial score (nSPS) is 11.4. The molecular formula is C21H16N6O. The van der Waals surface area contributed by atoms with Gasteiger partial charge in [-0.2, -0.15) is 10.2 Å². The zero-order valence-electron chi connectivity index (χ0n) is 14.8. The summed E-state index contributed by atoms with van der Waals surface area (Å²) < 4.78 is 0. The van der Waals surface area contributed by atoms with Gasteiger partial charge in [0.05, 0.1) is 23.5 Å². The summed E-state index contributed by atoms with van der Waals surface area (Å²) in [7, 11) is 0. The minimum absolute atomic E-state index is 0.547. The number of benzene rings is 2. The molecule has 28 heavy (non-hydrogen) atoms. The van der Waals surface area contributed by atoms with E-state index in [1.165, 1.54) is 0 Å². The molecule has 0 bridgehead atoms. The van der Waals surface area contributed by atoms with Crippen molar-refractivity contribution in [2.45, 2.75) is 0 Å². The van der Waals surface area contributed by atoms with Gasteiger partial charge in [0.15, 0.2) is 0 Å². The van der Waals surface area contributed by atoms with Crippen molar-refractivity contribution in [3.63, 3.8) is 0 Å². The second-order valence-electron chi connectivity index (χ2n) is 5.91. The SMILES string of the molecule is O=C(NN=Cc1cccc2cccnc12)NN=Cc1cccc2cccnc12. The van der Waals surface area contributed by atoms with E-state index in [0.717, 1.165) is 32.9 Å². The quantitative estimate of drug-likeness (QED) is 0.427. The van der Waals surface area contributed by atoms with Gasteiger partial charge in [0.1, 0.15) is 0 Å². The molecule has 0 unspecified atom stereocenters. The van der Waals surface area contributed by atoms with Crippen LogP contribution in [0.1, 0.15) is 11.1 Å². The molecule has 4 rings (SSSR count). The van der Waals surface area contributed by atoms with Crippen molar-refractivity contribution < 1.29 is 4.79 Å². The van der Waals surface area contributed by atoms with Crippen molar-refractivity contribution >= 4 is 40.3 Å². The average molecular weight is 368 g/mol. The molecular weight excluding hydrogens is 352 g/mol. The Balaban J connectivity index is 1.39. The molecule has 0 saturated heterocycles. The Morgan fingerprint density at radius 2 is 1.18 bits per heavy atom. The summed E-state index contributed by atoms with van der Waals surface area (Å²) in [5.41, 5.74) is 8.02. The summed E-state index contributed by atoms with van der Waals surface area (Å²) in [6.45, 7) is 0. The van der Waals surface area contributed by atoms with Crippen molar-refractivity contribution in [3.8, 4) is 0 Å². The molecule has 0 aliphatic carbocycles. The fourth-order valence-electron chi connectivity index (χ4n) is 2.81. The maximum Gasteiger partial charge on any atom is 0.355 e. The first-order chi connectivity index (χ1) is 13.8. The van der Waals surface area contributed by atoms with Crippen molar-refractivity contribution in [2.75, 3.05) is 0 Å². The molecule has 0 spiro atoms. The highest BCUT2D eigenvalue weighted by Crippen LogP contribution is 2.14. The van der Waals surface area contributed by atoms with E-state index in [4.69, 9.17) is 0 Å². The van der Waals surface area contributed by atoms with Crippen LogP contribution in [0.25, 0.3) is 21.8 Å². The van der Waals surface area contributed by atoms with E-state index < -0.39 is 6.03 Å². The minimum atomic E-state index is -0.547. The number of nitrogens with one attached hydrogen (secondary N) is 2. The molecule has 0 aliphatic heterocycles. The van der Waals surface area contributed by atoms with Crippen molar-refractivity contribution in [1.29, 1.82) is 0 Å². The highest BCUT2D eigenvalue weighted by atomic mass is 16.2. The number of para-hydroxylation sites is 2. The van der Waals surface area contributed by atoms with Gasteiger partial charge in [-0.05, 0) is 12.1 Å². The highest BCUT2D eigenvalue weighted by Gasteiger charge is 2.01. The number of rotatable bonds is 4. The predicted molar refractivity (Wildman–Crippen MR) is 110 cm³/mol. The topological polar surface area (TPSA) is 91.6 Å². The first-order valence-corrected chi connectivity index (χ1v) is 8.61. The summed E-state index contributed by atoms with van der Waals surface area (Å²) >= 11 is 0. The average Bonchev–Trinajstić information content (AvgIpc) is 2.74. The van der Waals surface area contributed by atoms with Crippen molar-refractivity contribution in [2.24, 2.45) is 10.2 Å². The van der Waals surface area contributed by atoms with Crippen LogP contribution in [0.4, 0.5) is 4.79 Å². The lowest BCUT2D eigenvalue weighted by Gasteiger charge is -2.01. The molecule has 2 amide bonds. The molecule has 4 aromatic rings. The number of hydrogen-bond donors (Lipinski definition) is 2. The van der Waals surface area contributed by atoms with Crippen LogP contribution in [-0.2, 0) is 0 Å². The monoisotopic (exact) mass is 368 g/mol. The van der Waals surface area contributed by atoms with Gasteiger partial charge in [0.2, 0.25) is 0 Å². The third-order valence-corrected chi connectivity index (χ3v) is 4.07. The number of aromatic nitrogens is 2. The maximum absolute atomic E-state index is 11.9. The van der Waals surface area contributed by atoms with Gasteiger partial charge in [-0.25, -0.2) is 15.6 Å². The lowest BCUT2D eigenvalue weighted by molar-refractivity contribution is 0.242. The largest absolute Gasteiger partial charge is 0.355 e. The number of amides is 2. The number of hydrazone groups is 2. The Morgan fingerprint density at radius 1 is 0.714 bits per heavy atom. The summed E-state index contributed by atoms with van der Waals surface area (Å²) in [5, 5.41) is 9.92. The van der Waals surface area contributed by atoms with E-state index in [0.29, 0.717) is 0 Å². The number of carbonyl (C=O) groups is 1. The van der Waals surface area contributed by atoms with Crippen LogP contribution in [0.2, 0.25) is 0 Å². The molecule has 0 saturated carbocycles. The Morgan fingerprint density at radius 3 is 1.68 bits per heavy atom. The molecule has 7 heteroatoms. The fourth-order valence-corrected chi connectivity index (χ4v) is 2.81. The predicted octanol–water partition coefficient (Wildman–Crippen LogP) is 3.45. The van der Waals surface area contributed by atoms with E-state index in [2.05, 4.69) is 31.0 Å². The zero-order valence-corrected chi connectivity index (χ0v) is 14.8.